The van der Waals surface area contributed by atoms with Gasteiger partial charge in [-0.25, -0.2) is 4.79 Å². The van der Waals surface area contributed by atoms with E-state index in [9.17, 15) is 19.8 Å². The molecule has 0 unspecified atom stereocenters. The number of aliphatic carboxylic acids is 1. The minimum atomic E-state index is -1.11. The summed E-state index contributed by atoms with van der Waals surface area (Å²) in [5.74, 6) is -0.954. The number of piperidine rings is 1. The Bertz CT molecular complexity index is 571. The number of aliphatic hydroxyl groups excluding tert-OH is 1. The summed E-state index contributed by atoms with van der Waals surface area (Å²) in [5, 5.41) is 18.9. The van der Waals surface area contributed by atoms with E-state index in [0.717, 1.165) is 0 Å². The van der Waals surface area contributed by atoms with E-state index >= 15 is 0 Å². The smallest absolute Gasteiger partial charge is 0.326 e. The van der Waals surface area contributed by atoms with Crippen molar-refractivity contribution in [3.05, 3.63) is 42.5 Å². The Labute approximate surface area is 128 Å². The maximum atomic E-state index is 12.6. The van der Waals surface area contributed by atoms with Crippen LogP contribution in [0.5, 0.6) is 5.75 Å². The Morgan fingerprint density at radius 2 is 2.23 bits per heavy atom. The van der Waals surface area contributed by atoms with Gasteiger partial charge in [-0.15, -0.1) is 0 Å². The monoisotopic (exact) mass is 305 g/mol. The van der Waals surface area contributed by atoms with Gasteiger partial charge >= 0.3 is 5.97 Å². The molecule has 1 amide bonds. The van der Waals surface area contributed by atoms with Crippen LogP contribution in [0.15, 0.2) is 36.9 Å². The maximum Gasteiger partial charge on any atom is 0.326 e. The average Bonchev–Trinajstić information content (AvgIpc) is 2.52. The highest BCUT2D eigenvalue weighted by Crippen LogP contribution is 2.22. The van der Waals surface area contributed by atoms with Gasteiger partial charge in [0.05, 0.1) is 6.10 Å². The molecule has 1 fully saturated rings. The van der Waals surface area contributed by atoms with E-state index < -0.39 is 18.1 Å². The number of hydrogen-bond acceptors (Lipinski definition) is 4. The first-order valence-corrected chi connectivity index (χ1v) is 7.08. The molecule has 1 aliphatic heterocycles. The summed E-state index contributed by atoms with van der Waals surface area (Å²) in [6.45, 7) is 4.10. The van der Waals surface area contributed by atoms with Gasteiger partial charge in [-0.1, -0.05) is 18.7 Å². The van der Waals surface area contributed by atoms with Crippen molar-refractivity contribution in [3.63, 3.8) is 0 Å². The lowest BCUT2D eigenvalue weighted by Crippen LogP contribution is -2.51. The largest absolute Gasteiger partial charge is 0.490 e. The minimum absolute atomic E-state index is 0.0493. The summed E-state index contributed by atoms with van der Waals surface area (Å²) >= 11 is 0. The Morgan fingerprint density at radius 1 is 1.45 bits per heavy atom. The SMILES string of the molecule is C=CCOc1cccc(C(=O)N2CC[C@H](O)C[C@@H]2C(=O)O)c1. The first-order valence-electron chi connectivity index (χ1n) is 7.08. The van der Waals surface area contributed by atoms with Crippen LogP contribution in [0.4, 0.5) is 0 Å². The van der Waals surface area contributed by atoms with E-state index in [-0.39, 0.29) is 18.9 Å². The van der Waals surface area contributed by atoms with Crippen molar-refractivity contribution in [1.29, 1.82) is 0 Å². The van der Waals surface area contributed by atoms with Gasteiger partial charge in [0.1, 0.15) is 18.4 Å². The van der Waals surface area contributed by atoms with Gasteiger partial charge < -0.3 is 19.8 Å². The molecule has 0 spiro atoms. The second kappa shape index (κ2) is 7.09. The van der Waals surface area contributed by atoms with E-state index in [1.807, 2.05) is 0 Å². The zero-order valence-electron chi connectivity index (χ0n) is 12.1. The van der Waals surface area contributed by atoms with E-state index in [4.69, 9.17) is 4.74 Å². The molecule has 118 valence electrons. The summed E-state index contributed by atoms with van der Waals surface area (Å²) in [4.78, 5) is 25.2. The van der Waals surface area contributed by atoms with Gasteiger partial charge in [-0.2, -0.15) is 0 Å². The van der Waals surface area contributed by atoms with Crippen LogP contribution in [0, 0.1) is 0 Å². The molecule has 1 aliphatic rings. The van der Waals surface area contributed by atoms with Crippen LogP contribution in [0.3, 0.4) is 0 Å². The zero-order chi connectivity index (χ0) is 16.1. The summed E-state index contributed by atoms with van der Waals surface area (Å²) in [7, 11) is 0. The molecule has 0 radical (unpaired) electrons. The lowest BCUT2D eigenvalue weighted by Gasteiger charge is -2.35. The predicted octanol–water partition coefficient (Wildman–Crippen LogP) is 1.30. The van der Waals surface area contributed by atoms with Gasteiger partial charge in [-0.3, -0.25) is 4.79 Å². The van der Waals surface area contributed by atoms with Crippen LogP contribution >= 0.6 is 0 Å². The van der Waals surface area contributed by atoms with Crippen molar-refractivity contribution in [2.24, 2.45) is 0 Å². The Morgan fingerprint density at radius 3 is 2.91 bits per heavy atom. The third-order valence-electron chi connectivity index (χ3n) is 3.57. The minimum Gasteiger partial charge on any atom is -0.490 e. The highest BCUT2D eigenvalue weighted by Gasteiger charge is 2.36. The summed E-state index contributed by atoms with van der Waals surface area (Å²) in [6.07, 6.45) is 1.34. The molecular formula is C16H19NO5. The third-order valence-corrected chi connectivity index (χ3v) is 3.57. The molecule has 1 saturated heterocycles. The number of benzene rings is 1. The van der Waals surface area contributed by atoms with Crippen LogP contribution in [-0.2, 0) is 4.79 Å². The number of likely N-dealkylation sites (tertiary alicyclic amines) is 1. The maximum absolute atomic E-state index is 12.6. The number of nitrogens with zero attached hydrogens (tertiary/aromatic N) is 1. The lowest BCUT2D eigenvalue weighted by atomic mass is 9.98. The van der Waals surface area contributed by atoms with Gasteiger partial charge in [0.25, 0.3) is 5.91 Å². The Hall–Kier alpha value is -2.34. The molecule has 22 heavy (non-hydrogen) atoms. The number of carboxylic acids is 1. The molecular weight excluding hydrogens is 286 g/mol. The van der Waals surface area contributed by atoms with Gasteiger partial charge in [0, 0.05) is 18.5 Å². The number of aliphatic hydroxyl groups is 1. The van der Waals surface area contributed by atoms with Crippen LogP contribution in [-0.4, -0.2) is 52.3 Å². The van der Waals surface area contributed by atoms with Crippen LogP contribution in [0.2, 0.25) is 0 Å². The molecule has 0 aromatic heterocycles. The van der Waals surface area contributed by atoms with Crippen molar-refractivity contribution in [2.75, 3.05) is 13.2 Å². The van der Waals surface area contributed by atoms with Gasteiger partial charge in [-0.05, 0) is 24.6 Å². The summed E-state index contributed by atoms with van der Waals surface area (Å²) in [6, 6.07) is 5.59. The molecule has 0 aliphatic carbocycles. The van der Waals surface area contributed by atoms with E-state index in [2.05, 4.69) is 6.58 Å². The zero-order valence-corrected chi connectivity index (χ0v) is 12.1. The molecule has 0 bridgehead atoms. The average molecular weight is 305 g/mol. The first-order chi connectivity index (χ1) is 10.5. The fraction of sp³-hybridized carbons (Fsp3) is 0.375. The van der Waals surface area contributed by atoms with Crippen molar-refractivity contribution >= 4 is 11.9 Å². The van der Waals surface area contributed by atoms with E-state index in [1.165, 1.54) is 4.90 Å². The van der Waals surface area contributed by atoms with Crippen molar-refractivity contribution in [3.8, 4) is 5.75 Å². The number of hydrogen-bond donors (Lipinski definition) is 2. The van der Waals surface area contributed by atoms with Gasteiger partial charge in [0.15, 0.2) is 0 Å². The molecule has 1 heterocycles. The summed E-state index contributed by atoms with van der Waals surface area (Å²) < 4.78 is 5.38. The van der Waals surface area contributed by atoms with E-state index in [1.54, 1.807) is 30.3 Å². The molecule has 6 nitrogen and oxygen atoms in total. The third kappa shape index (κ3) is 3.65. The van der Waals surface area contributed by atoms with Crippen LogP contribution in [0.25, 0.3) is 0 Å². The molecule has 2 rings (SSSR count). The fourth-order valence-electron chi connectivity index (χ4n) is 2.46. The lowest BCUT2D eigenvalue weighted by molar-refractivity contribution is -0.145. The van der Waals surface area contributed by atoms with E-state index in [0.29, 0.717) is 24.3 Å². The highest BCUT2D eigenvalue weighted by atomic mass is 16.5. The second-order valence-electron chi connectivity index (χ2n) is 5.16. The topological polar surface area (TPSA) is 87.1 Å². The summed E-state index contributed by atoms with van der Waals surface area (Å²) in [5.41, 5.74) is 0.365. The quantitative estimate of drug-likeness (QED) is 0.801. The highest BCUT2D eigenvalue weighted by molar-refractivity contribution is 5.97. The molecule has 2 atom stereocenters. The van der Waals surface area contributed by atoms with Crippen molar-refractivity contribution in [1.82, 2.24) is 4.90 Å². The second-order valence-corrected chi connectivity index (χ2v) is 5.16. The molecule has 6 heteroatoms. The number of rotatable bonds is 5. The van der Waals surface area contributed by atoms with Gasteiger partial charge in [0.2, 0.25) is 0 Å². The van der Waals surface area contributed by atoms with Crippen molar-refractivity contribution in [2.45, 2.75) is 25.0 Å². The number of ether oxygens (including phenoxy) is 1. The normalized spacial score (nSPS) is 21.2. The molecule has 2 N–H and O–H groups in total. The first kappa shape index (κ1) is 16.0. The predicted molar refractivity (Wildman–Crippen MR) is 79.8 cm³/mol. The standard InChI is InChI=1S/C16H19NO5/c1-2-8-22-13-5-3-4-11(9-13)15(19)17-7-6-12(18)10-14(17)16(20)21/h2-5,9,12,14,18H,1,6-8,10H2,(H,20,21)/t12-,14+/m0/s1. The van der Waals surface area contributed by atoms with Crippen LogP contribution < -0.4 is 4.74 Å². The number of amides is 1. The number of carboxylic acid groups (broad SMARTS) is 1. The fourth-order valence-corrected chi connectivity index (χ4v) is 2.46. The van der Waals surface area contributed by atoms with Crippen molar-refractivity contribution < 1.29 is 24.5 Å². The number of carbonyl (C=O) groups is 2. The number of carbonyl (C=O) groups excluding carboxylic acids is 1. The molecule has 1 aromatic rings. The Balaban J connectivity index is 2.18. The Kier molecular flexibility index (Phi) is 5.16. The molecule has 1 aromatic carbocycles. The molecule has 0 saturated carbocycles. The van der Waals surface area contributed by atoms with Crippen LogP contribution in [0.1, 0.15) is 23.2 Å².